The van der Waals surface area contributed by atoms with E-state index in [0.29, 0.717) is 11.3 Å². The van der Waals surface area contributed by atoms with Crippen molar-refractivity contribution in [2.24, 2.45) is 0 Å². The van der Waals surface area contributed by atoms with E-state index in [2.05, 4.69) is 19.9 Å². The molecule has 7 nitrogen and oxygen atoms in total. The van der Waals surface area contributed by atoms with Crippen LogP contribution in [0.4, 0.5) is 13.2 Å². The van der Waals surface area contributed by atoms with Gasteiger partial charge < -0.3 is 0 Å². The second-order valence-corrected chi connectivity index (χ2v) is 12.2. The van der Waals surface area contributed by atoms with Crippen LogP contribution < -0.4 is 4.72 Å². The topological polar surface area (TPSA) is 89.2 Å². The van der Waals surface area contributed by atoms with Crippen molar-refractivity contribution in [1.29, 1.82) is 0 Å². The molecule has 13 heteroatoms. The van der Waals surface area contributed by atoms with E-state index in [9.17, 15) is 21.6 Å². The van der Waals surface area contributed by atoms with Crippen LogP contribution in [0, 0.1) is 5.82 Å². The molecule has 0 unspecified atom stereocenters. The average molecular weight is 561 g/mol. The zero-order valence-electron chi connectivity index (χ0n) is 16.9. The third-order valence-corrected chi connectivity index (χ3v) is 9.14. The van der Waals surface area contributed by atoms with Crippen molar-refractivity contribution in [3.63, 3.8) is 0 Å². The van der Waals surface area contributed by atoms with Gasteiger partial charge in [0.1, 0.15) is 0 Å². The maximum atomic E-state index is 13.5. The van der Waals surface area contributed by atoms with Crippen LogP contribution in [0.3, 0.4) is 0 Å². The van der Waals surface area contributed by atoms with Gasteiger partial charge in [0.15, 0.2) is 0 Å². The molecule has 1 aromatic carbocycles. The molecule has 3 aromatic heterocycles. The Morgan fingerprint density at radius 2 is 1.91 bits per heavy atom. The van der Waals surface area contributed by atoms with Crippen molar-refractivity contribution in [1.82, 2.24) is 24.3 Å². The molecule has 0 bridgehead atoms. The van der Waals surface area contributed by atoms with Gasteiger partial charge in [-0.05, 0) is 0 Å². The summed E-state index contributed by atoms with van der Waals surface area (Å²) >= 11 is 5.50. The number of nitrogens with one attached hydrogen (secondary N) is 1. The number of benzene rings is 1. The molecule has 172 valence electrons. The van der Waals surface area contributed by atoms with E-state index in [1.54, 1.807) is 6.92 Å². The normalized spacial score (nSPS) is 15.5. The number of nitrogens with zero attached hydrogens (tertiary/aromatic N) is 4. The number of aromatic nitrogens is 4. The summed E-state index contributed by atoms with van der Waals surface area (Å²) in [4.78, 5) is 4.42. The summed E-state index contributed by atoms with van der Waals surface area (Å²) < 4.78 is 69.9. The number of imidazole rings is 1. The summed E-state index contributed by atoms with van der Waals surface area (Å²) in [5.74, 6) is -0.458. The van der Waals surface area contributed by atoms with Gasteiger partial charge in [0.05, 0.1) is 0 Å². The predicted octanol–water partition coefficient (Wildman–Crippen LogP) is 4.08. The maximum absolute atomic E-state index is 13.5. The summed E-state index contributed by atoms with van der Waals surface area (Å²) in [6, 6.07) is 6.74. The zero-order valence-corrected chi connectivity index (χ0v) is 20.2. The number of halogens is 4. The quantitative estimate of drug-likeness (QED) is 0.359. The predicted molar refractivity (Wildman–Crippen MR) is 116 cm³/mol. The standard InChI is InChI=1S/C20H15ClF3N5O2SSe/c1-20(6-7-20)28-32(30,31)12-8-13(21)17-25-14(10-2-4-11(22)5-3-10)15(29(17)9-12)18-26-27-19(33-18)16(23)24/h2-5,8-9,16,28H,6-7H2,1H3. The molecule has 0 amide bonds. The summed E-state index contributed by atoms with van der Waals surface area (Å²) in [6.45, 7) is 1.80. The van der Waals surface area contributed by atoms with Crippen LogP contribution in [0.1, 0.15) is 30.8 Å². The van der Waals surface area contributed by atoms with E-state index in [1.807, 2.05) is 0 Å². The van der Waals surface area contributed by atoms with Crippen LogP contribution in [0.5, 0.6) is 0 Å². The summed E-state index contributed by atoms with van der Waals surface area (Å²) in [6.07, 6.45) is 0.0206. The SMILES string of the molecule is CC1(NS(=O)(=O)c2cc(Cl)c3nc(-c4ccc(F)cc4)c(-c4nnc(C(F)F)[se]4)n3c2)CC1. The van der Waals surface area contributed by atoms with Crippen LogP contribution in [0.25, 0.3) is 27.2 Å². The fourth-order valence-corrected chi connectivity index (χ4v) is 6.69. The summed E-state index contributed by atoms with van der Waals surface area (Å²) in [5, 5.41) is 7.58. The third kappa shape index (κ3) is 4.22. The van der Waals surface area contributed by atoms with Crippen molar-refractivity contribution in [3.05, 3.63) is 51.9 Å². The number of sulfonamides is 1. The Hall–Kier alpha value is -2.24. The fraction of sp³-hybridized carbons (Fsp3) is 0.250. The van der Waals surface area contributed by atoms with Crippen molar-refractivity contribution >= 4 is 41.8 Å². The second kappa shape index (κ2) is 7.92. The molecule has 1 aliphatic rings. The van der Waals surface area contributed by atoms with E-state index in [1.165, 1.54) is 40.9 Å². The monoisotopic (exact) mass is 561 g/mol. The number of alkyl halides is 2. The number of fused-ring (bicyclic) bond motifs is 1. The molecule has 1 aliphatic carbocycles. The van der Waals surface area contributed by atoms with Crippen LogP contribution in [0.15, 0.2) is 41.4 Å². The van der Waals surface area contributed by atoms with Gasteiger partial charge in [-0.2, -0.15) is 0 Å². The first kappa shape index (κ1) is 22.5. The molecule has 3 heterocycles. The van der Waals surface area contributed by atoms with Crippen LogP contribution in [-0.4, -0.2) is 48.0 Å². The molecular weight excluding hydrogens is 546 g/mol. The molecule has 0 saturated heterocycles. The summed E-state index contributed by atoms with van der Waals surface area (Å²) in [7, 11) is -3.91. The Balaban J connectivity index is 1.76. The molecule has 1 saturated carbocycles. The third-order valence-electron chi connectivity index (χ3n) is 5.29. The van der Waals surface area contributed by atoms with E-state index in [0.717, 1.165) is 12.8 Å². The molecular formula is C20H15ClF3N5O2SSe. The van der Waals surface area contributed by atoms with Crippen molar-refractivity contribution < 1.29 is 21.6 Å². The Morgan fingerprint density at radius 1 is 1.21 bits per heavy atom. The number of hydrogen-bond acceptors (Lipinski definition) is 5. The minimum atomic E-state index is -3.91. The molecule has 0 aliphatic heterocycles. The van der Waals surface area contributed by atoms with Crippen LogP contribution >= 0.6 is 11.6 Å². The van der Waals surface area contributed by atoms with Gasteiger partial charge in [-0.15, -0.1) is 0 Å². The van der Waals surface area contributed by atoms with E-state index in [4.69, 9.17) is 11.6 Å². The molecule has 5 rings (SSSR count). The van der Waals surface area contributed by atoms with E-state index in [-0.39, 0.29) is 30.4 Å². The van der Waals surface area contributed by atoms with Crippen LogP contribution in [-0.2, 0) is 10.0 Å². The van der Waals surface area contributed by atoms with E-state index < -0.39 is 42.3 Å². The summed E-state index contributed by atoms with van der Waals surface area (Å²) in [5.41, 5.74) is 0.790. The number of hydrogen-bond donors (Lipinski definition) is 1. The Bertz CT molecular complexity index is 1480. The molecule has 4 aromatic rings. The van der Waals surface area contributed by atoms with Gasteiger partial charge >= 0.3 is 198 Å². The van der Waals surface area contributed by atoms with Crippen LogP contribution in [0.2, 0.25) is 5.02 Å². The van der Waals surface area contributed by atoms with Gasteiger partial charge in [0, 0.05) is 0 Å². The van der Waals surface area contributed by atoms with Crippen molar-refractivity contribution in [3.8, 4) is 21.5 Å². The zero-order chi connectivity index (χ0) is 23.5. The Labute approximate surface area is 197 Å². The average Bonchev–Trinajstić information content (AvgIpc) is 3.15. The molecule has 0 radical (unpaired) electrons. The second-order valence-electron chi connectivity index (χ2n) is 7.95. The number of rotatable bonds is 6. The van der Waals surface area contributed by atoms with Gasteiger partial charge in [-0.1, -0.05) is 0 Å². The van der Waals surface area contributed by atoms with Gasteiger partial charge in [0.25, 0.3) is 0 Å². The van der Waals surface area contributed by atoms with Gasteiger partial charge in [0.2, 0.25) is 0 Å². The molecule has 0 spiro atoms. The molecule has 0 atom stereocenters. The first-order valence-electron chi connectivity index (χ1n) is 9.70. The fourth-order valence-electron chi connectivity index (χ4n) is 3.33. The Morgan fingerprint density at radius 3 is 2.52 bits per heavy atom. The first-order valence-corrected chi connectivity index (χ1v) is 13.3. The molecule has 1 N–H and O–H groups in total. The van der Waals surface area contributed by atoms with Gasteiger partial charge in [-0.25, -0.2) is 0 Å². The first-order chi connectivity index (χ1) is 15.6. The molecule has 33 heavy (non-hydrogen) atoms. The van der Waals surface area contributed by atoms with E-state index >= 15 is 0 Å². The molecule has 1 fully saturated rings. The Kier molecular flexibility index (Phi) is 5.41. The van der Waals surface area contributed by atoms with Crippen molar-refractivity contribution in [2.75, 3.05) is 0 Å². The van der Waals surface area contributed by atoms with Crippen molar-refractivity contribution in [2.45, 2.75) is 36.6 Å². The minimum absolute atomic E-state index is 0.0505. The van der Waals surface area contributed by atoms with Gasteiger partial charge in [-0.3, -0.25) is 0 Å². The number of pyridine rings is 1.